The minimum Gasteiger partial charge on any atom is -0.360 e. The fourth-order valence-electron chi connectivity index (χ4n) is 2.20. The van der Waals surface area contributed by atoms with E-state index in [1.54, 1.807) is 24.4 Å². The van der Waals surface area contributed by atoms with Gasteiger partial charge in [0.05, 0.1) is 11.6 Å². The van der Waals surface area contributed by atoms with Crippen molar-refractivity contribution in [3.8, 4) is 6.07 Å². The molecule has 3 rings (SSSR count). The second kappa shape index (κ2) is 5.30. The van der Waals surface area contributed by atoms with Crippen molar-refractivity contribution < 1.29 is 9.18 Å². The van der Waals surface area contributed by atoms with Gasteiger partial charge in [-0.15, -0.1) is 0 Å². The fraction of sp³-hybridized carbons (Fsp3) is 0. The molecule has 0 fully saturated rings. The van der Waals surface area contributed by atoms with Crippen LogP contribution in [0.4, 0.5) is 4.39 Å². The van der Waals surface area contributed by atoms with Gasteiger partial charge in [0.2, 0.25) is 0 Å². The number of aromatic amines is 1. The first-order valence-corrected chi connectivity index (χ1v) is 7.19. The van der Waals surface area contributed by atoms with Gasteiger partial charge in [-0.2, -0.15) is 5.26 Å². The summed E-state index contributed by atoms with van der Waals surface area (Å²) in [7, 11) is 0. The molecular weight excluding hydrogens is 382 g/mol. The number of ketones is 1. The van der Waals surface area contributed by atoms with E-state index in [0.29, 0.717) is 20.3 Å². The minimum atomic E-state index is -0.367. The maximum Gasteiger partial charge on any atom is 0.196 e. The Hall–Kier alpha value is -2.20. The van der Waals surface area contributed by atoms with Crippen LogP contribution in [0.2, 0.25) is 0 Å². The van der Waals surface area contributed by atoms with Crippen molar-refractivity contribution in [3.63, 3.8) is 0 Å². The zero-order valence-electron chi connectivity index (χ0n) is 10.7. The molecule has 3 aromatic rings. The van der Waals surface area contributed by atoms with E-state index in [-0.39, 0.29) is 11.6 Å². The minimum absolute atomic E-state index is 0.171. The molecule has 1 N–H and O–H groups in total. The summed E-state index contributed by atoms with van der Waals surface area (Å²) in [4.78, 5) is 15.6. The average molecular weight is 390 g/mol. The van der Waals surface area contributed by atoms with E-state index in [0.717, 1.165) is 10.9 Å². The van der Waals surface area contributed by atoms with Crippen molar-refractivity contribution in [2.24, 2.45) is 0 Å². The number of aromatic nitrogens is 1. The molecule has 0 amide bonds. The van der Waals surface area contributed by atoms with Crippen molar-refractivity contribution in [1.82, 2.24) is 4.98 Å². The number of nitriles is 1. The van der Waals surface area contributed by atoms with Gasteiger partial charge in [-0.25, -0.2) is 4.39 Å². The number of rotatable bonds is 2. The van der Waals surface area contributed by atoms with E-state index in [2.05, 4.69) is 11.1 Å². The molecule has 5 heteroatoms. The number of hydrogen-bond donors (Lipinski definition) is 1. The Bertz CT molecular complexity index is 908. The van der Waals surface area contributed by atoms with Crippen LogP contribution in [0, 0.1) is 20.7 Å². The van der Waals surface area contributed by atoms with Gasteiger partial charge in [-0.05, 0) is 52.9 Å². The summed E-state index contributed by atoms with van der Waals surface area (Å²) in [6.45, 7) is 0. The lowest BCUT2D eigenvalue weighted by molar-refractivity contribution is 0.103. The Kier molecular flexibility index (Phi) is 3.47. The van der Waals surface area contributed by atoms with E-state index < -0.39 is 0 Å². The number of carbonyl (C=O) groups is 1. The van der Waals surface area contributed by atoms with Gasteiger partial charge >= 0.3 is 0 Å². The Balaban J connectivity index is 2.12. The molecule has 0 radical (unpaired) electrons. The van der Waals surface area contributed by atoms with Crippen LogP contribution in [0.3, 0.4) is 0 Å². The normalized spacial score (nSPS) is 10.5. The third-order valence-corrected chi connectivity index (χ3v) is 4.12. The van der Waals surface area contributed by atoms with E-state index in [1.165, 1.54) is 18.2 Å². The first kappa shape index (κ1) is 13.8. The van der Waals surface area contributed by atoms with Crippen molar-refractivity contribution in [1.29, 1.82) is 5.26 Å². The van der Waals surface area contributed by atoms with Gasteiger partial charge in [-0.3, -0.25) is 4.79 Å². The van der Waals surface area contributed by atoms with E-state index in [1.807, 2.05) is 22.6 Å². The van der Waals surface area contributed by atoms with Gasteiger partial charge in [0, 0.05) is 31.8 Å². The Labute approximate surface area is 133 Å². The number of fused-ring (bicyclic) bond motifs is 1. The number of carbonyl (C=O) groups excluding carboxylic acids is 1. The van der Waals surface area contributed by atoms with Gasteiger partial charge in [0.15, 0.2) is 5.78 Å². The second-order valence-electron chi connectivity index (χ2n) is 4.53. The second-order valence-corrected chi connectivity index (χ2v) is 5.69. The standard InChI is InChI=1S/C16H8FIN2O/c17-10-2-4-12(14(18)6-10)16(21)13-8-20-15-5-9(7-19)1-3-11(13)15/h1-6,8,20H. The van der Waals surface area contributed by atoms with Crippen molar-refractivity contribution >= 4 is 39.3 Å². The predicted octanol–water partition coefficient (Wildman–Crippen LogP) is 4.01. The van der Waals surface area contributed by atoms with Crippen LogP contribution in [0.15, 0.2) is 42.6 Å². The highest BCUT2D eigenvalue weighted by atomic mass is 127. The Morgan fingerprint density at radius 2 is 2.00 bits per heavy atom. The smallest absolute Gasteiger partial charge is 0.196 e. The zero-order valence-corrected chi connectivity index (χ0v) is 12.8. The fourth-order valence-corrected chi connectivity index (χ4v) is 2.92. The van der Waals surface area contributed by atoms with Gasteiger partial charge in [0.25, 0.3) is 0 Å². The summed E-state index contributed by atoms with van der Waals surface area (Å²) in [6, 6.07) is 11.3. The largest absolute Gasteiger partial charge is 0.360 e. The lowest BCUT2D eigenvalue weighted by Crippen LogP contribution is -2.03. The van der Waals surface area contributed by atoms with E-state index in [4.69, 9.17) is 5.26 Å². The summed E-state index contributed by atoms with van der Waals surface area (Å²) in [5.41, 5.74) is 2.23. The van der Waals surface area contributed by atoms with Crippen LogP contribution in [0.5, 0.6) is 0 Å². The number of benzene rings is 2. The van der Waals surface area contributed by atoms with Crippen molar-refractivity contribution in [3.05, 3.63) is 68.7 Å². The maximum absolute atomic E-state index is 13.1. The van der Waals surface area contributed by atoms with Crippen LogP contribution in [-0.2, 0) is 0 Å². The molecule has 0 unspecified atom stereocenters. The first-order valence-electron chi connectivity index (χ1n) is 6.11. The van der Waals surface area contributed by atoms with Crippen LogP contribution in [-0.4, -0.2) is 10.8 Å². The van der Waals surface area contributed by atoms with E-state index >= 15 is 0 Å². The molecule has 0 bridgehead atoms. The number of nitrogens with zero attached hydrogens (tertiary/aromatic N) is 1. The molecule has 0 atom stereocenters. The molecule has 102 valence electrons. The molecule has 0 saturated carbocycles. The molecule has 1 aromatic heterocycles. The quantitative estimate of drug-likeness (QED) is 0.531. The molecule has 1 heterocycles. The van der Waals surface area contributed by atoms with Gasteiger partial charge in [0.1, 0.15) is 5.82 Å². The summed E-state index contributed by atoms with van der Waals surface area (Å²) in [6.07, 6.45) is 1.62. The topological polar surface area (TPSA) is 56.6 Å². The number of hydrogen-bond acceptors (Lipinski definition) is 2. The number of nitrogens with one attached hydrogen (secondary N) is 1. The molecule has 2 aromatic carbocycles. The summed E-state index contributed by atoms with van der Waals surface area (Å²) in [5.74, 6) is -0.538. The van der Waals surface area contributed by atoms with Crippen LogP contribution < -0.4 is 0 Å². The zero-order chi connectivity index (χ0) is 15.0. The molecule has 21 heavy (non-hydrogen) atoms. The third kappa shape index (κ3) is 2.43. The lowest BCUT2D eigenvalue weighted by atomic mass is 10.0. The maximum atomic E-state index is 13.1. The molecular formula is C16H8FIN2O. The van der Waals surface area contributed by atoms with E-state index in [9.17, 15) is 9.18 Å². The van der Waals surface area contributed by atoms with Crippen LogP contribution >= 0.6 is 22.6 Å². The van der Waals surface area contributed by atoms with Crippen molar-refractivity contribution in [2.75, 3.05) is 0 Å². The molecule has 3 nitrogen and oxygen atoms in total. The first-order chi connectivity index (χ1) is 10.1. The Morgan fingerprint density at radius 1 is 1.19 bits per heavy atom. The highest BCUT2D eigenvalue weighted by molar-refractivity contribution is 14.1. The number of H-pyrrole nitrogens is 1. The van der Waals surface area contributed by atoms with Gasteiger partial charge < -0.3 is 4.98 Å². The summed E-state index contributed by atoms with van der Waals surface area (Å²) < 4.78 is 13.7. The highest BCUT2D eigenvalue weighted by Gasteiger charge is 2.17. The SMILES string of the molecule is N#Cc1ccc2c(C(=O)c3ccc(F)cc3I)c[nH]c2c1. The highest BCUT2D eigenvalue weighted by Crippen LogP contribution is 2.24. The summed E-state index contributed by atoms with van der Waals surface area (Å²) >= 11 is 1.95. The average Bonchev–Trinajstić information content (AvgIpc) is 2.89. The molecule has 0 spiro atoms. The molecule has 0 aliphatic rings. The lowest BCUT2D eigenvalue weighted by Gasteiger charge is -2.03. The van der Waals surface area contributed by atoms with Crippen LogP contribution in [0.25, 0.3) is 10.9 Å². The van der Waals surface area contributed by atoms with Crippen LogP contribution in [0.1, 0.15) is 21.5 Å². The Morgan fingerprint density at radius 3 is 2.71 bits per heavy atom. The molecule has 0 saturated heterocycles. The number of halogens is 2. The predicted molar refractivity (Wildman–Crippen MR) is 85.6 cm³/mol. The molecule has 0 aliphatic heterocycles. The van der Waals surface area contributed by atoms with Crippen molar-refractivity contribution in [2.45, 2.75) is 0 Å². The summed E-state index contributed by atoms with van der Waals surface area (Å²) in [5, 5.41) is 9.64. The van der Waals surface area contributed by atoms with Gasteiger partial charge in [-0.1, -0.05) is 6.07 Å². The molecule has 0 aliphatic carbocycles. The third-order valence-electron chi connectivity index (χ3n) is 3.23. The monoisotopic (exact) mass is 390 g/mol.